The average molecular weight is 329 g/mol. The smallest absolute Gasteiger partial charge is 0.123 e. The maximum atomic E-state index is 6.09. The molecule has 0 radical (unpaired) electrons. The van der Waals surface area contributed by atoms with Gasteiger partial charge < -0.3 is 14.8 Å². The summed E-state index contributed by atoms with van der Waals surface area (Å²) in [5.74, 6) is 0.898. The molecule has 0 aliphatic heterocycles. The van der Waals surface area contributed by atoms with Gasteiger partial charge in [0.1, 0.15) is 12.4 Å². The third kappa shape index (κ3) is 7.48. The summed E-state index contributed by atoms with van der Waals surface area (Å²) in [5.41, 5.74) is 1.14. The normalized spacial score (nSPS) is 11.7. The number of rotatable bonds is 10. The topological polar surface area (TPSA) is 35.1 Å². The average Bonchev–Trinajstić information content (AvgIpc) is 2.46. The Bertz CT molecular complexity index is 430. The van der Waals surface area contributed by atoms with Gasteiger partial charge in [-0.3, -0.25) is 0 Å². The largest absolute Gasteiger partial charge is 0.491 e. The van der Waals surface area contributed by atoms with E-state index in [0.29, 0.717) is 13.2 Å². The van der Waals surface area contributed by atoms with Crippen LogP contribution >= 0.6 is 11.6 Å². The van der Waals surface area contributed by atoms with Gasteiger partial charge in [-0.25, -0.2) is 0 Å². The van der Waals surface area contributed by atoms with Crippen molar-refractivity contribution in [3.63, 3.8) is 0 Å². The molecule has 0 aromatic heterocycles. The van der Waals surface area contributed by atoms with Gasteiger partial charge in [0.15, 0.2) is 0 Å². The first kappa shape index (κ1) is 19.3. The van der Waals surface area contributed by atoms with Crippen molar-refractivity contribution >= 4 is 11.6 Å². The van der Waals surface area contributed by atoms with E-state index in [1.54, 1.807) is 0 Å². The van der Waals surface area contributed by atoms with Gasteiger partial charge in [-0.15, -0.1) is 0 Å². The van der Waals surface area contributed by atoms with Gasteiger partial charge in [0, 0.05) is 10.6 Å². The zero-order valence-corrected chi connectivity index (χ0v) is 15.2. The Kier molecular flexibility index (Phi) is 8.84. The van der Waals surface area contributed by atoms with Crippen molar-refractivity contribution in [1.29, 1.82) is 0 Å². The van der Waals surface area contributed by atoms with E-state index in [9.17, 15) is 0 Å². The van der Waals surface area contributed by atoms with E-state index in [1.165, 1.54) is 19.4 Å². The molecule has 0 saturated carbocycles. The molecule has 1 aromatic rings. The second-order valence-corrected chi connectivity index (χ2v) is 7.01. The van der Waals surface area contributed by atoms with Gasteiger partial charge in [-0.2, -0.15) is 0 Å². The Morgan fingerprint density at radius 2 is 1.86 bits per heavy atom. The molecule has 0 amide bonds. The third-order valence-electron chi connectivity index (χ3n) is 3.46. The van der Waals surface area contributed by atoms with Crippen LogP contribution in [0.1, 0.15) is 46.1 Å². The van der Waals surface area contributed by atoms with Gasteiger partial charge in [0.25, 0.3) is 0 Å². The first-order valence-corrected chi connectivity index (χ1v) is 8.65. The molecule has 1 aromatic carbocycles. The highest BCUT2D eigenvalue weighted by atomic mass is 35.5. The Morgan fingerprint density at radius 1 is 1.09 bits per heavy atom. The predicted octanol–water partition coefficient (Wildman–Crippen LogP) is 3.40. The van der Waals surface area contributed by atoms with Gasteiger partial charge in [-0.05, 0) is 30.0 Å². The fraction of sp³-hybridized carbons (Fsp3) is 0.667. The van der Waals surface area contributed by atoms with Crippen LogP contribution in [0.15, 0.2) is 18.2 Å². The maximum Gasteiger partial charge on any atom is 0.123 e. The van der Waals surface area contributed by atoms with Crippen molar-refractivity contribution in [3.05, 3.63) is 28.8 Å². The molecule has 0 aliphatic carbocycles. The van der Waals surface area contributed by atoms with Crippen LogP contribution in [0.2, 0.25) is 5.02 Å². The van der Waals surface area contributed by atoms with Gasteiger partial charge in [-0.1, -0.05) is 45.7 Å². The minimum atomic E-state index is 0.00925. The number of quaternary nitrogens is 1. The lowest BCUT2D eigenvalue weighted by Gasteiger charge is -2.23. The summed E-state index contributed by atoms with van der Waals surface area (Å²) in [6.45, 7) is 12.9. The Balaban J connectivity index is 2.28. The second kappa shape index (κ2) is 10.1. The van der Waals surface area contributed by atoms with E-state index in [-0.39, 0.29) is 5.41 Å². The molecule has 0 fully saturated rings. The van der Waals surface area contributed by atoms with E-state index in [1.807, 2.05) is 18.2 Å². The third-order valence-corrected chi connectivity index (χ3v) is 3.70. The minimum Gasteiger partial charge on any atom is -0.491 e. The SMILES string of the molecule is CCCC[NH2+]CCOCCOc1ccc(Cl)cc1C(C)(C)C. The molecule has 0 heterocycles. The van der Waals surface area contributed by atoms with Gasteiger partial charge in [0.2, 0.25) is 0 Å². The Hall–Kier alpha value is -0.770. The Morgan fingerprint density at radius 3 is 2.55 bits per heavy atom. The fourth-order valence-corrected chi connectivity index (χ4v) is 2.36. The standard InChI is InChI=1S/C18H30ClNO2/c1-5-6-9-20-10-11-21-12-13-22-17-8-7-15(19)14-16(17)18(2,3)4/h7-8,14,20H,5-6,9-13H2,1-4H3/p+1. The summed E-state index contributed by atoms with van der Waals surface area (Å²) in [4.78, 5) is 0. The Labute approximate surface area is 140 Å². The summed E-state index contributed by atoms with van der Waals surface area (Å²) in [7, 11) is 0. The number of benzene rings is 1. The number of ether oxygens (including phenoxy) is 2. The lowest BCUT2D eigenvalue weighted by molar-refractivity contribution is -0.656. The highest BCUT2D eigenvalue weighted by Gasteiger charge is 2.19. The summed E-state index contributed by atoms with van der Waals surface area (Å²) in [6.07, 6.45) is 2.53. The van der Waals surface area contributed by atoms with Crippen LogP contribution in [-0.4, -0.2) is 32.9 Å². The number of hydrogen-bond acceptors (Lipinski definition) is 2. The highest BCUT2D eigenvalue weighted by molar-refractivity contribution is 6.30. The van der Waals surface area contributed by atoms with Crippen LogP contribution in [0.25, 0.3) is 0 Å². The minimum absolute atomic E-state index is 0.00925. The van der Waals surface area contributed by atoms with Gasteiger partial charge in [0.05, 0.1) is 26.3 Å². The van der Waals surface area contributed by atoms with Crippen LogP contribution in [0, 0.1) is 0 Å². The molecule has 126 valence electrons. The molecular weight excluding hydrogens is 298 g/mol. The van der Waals surface area contributed by atoms with Crippen LogP contribution in [0.4, 0.5) is 0 Å². The molecule has 4 heteroatoms. The number of halogens is 1. The lowest BCUT2D eigenvalue weighted by atomic mass is 9.86. The molecule has 0 saturated heterocycles. The molecular formula is C18H31ClNO2+. The number of hydrogen-bond donors (Lipinski definition) is 1. The summed E-state index contributed by atoms with van der Waals surface area (Å²) in [6, 6.07) is 5.80. The van der Waals surface area contributed by atoms with Gasteiger partial charge >= 0.3 is 0 Å². The van der Waals surface area contributed by atoms with Crippen molar-refractivity contribution in [2.75, 3.05) is 32.9 Å². The van der Waals surface area contributed by atoms with Crippen molar-refractivity contribution in [2.45, 2.75) is 46.0 Å². The maximum absolute atomic E-state index is 6.09. The first-order valence-electron chi connectivity index (χ1n) is 8.27. The molecule has 0 aliphatic rings. The van der Waals surface area contributed by atoms with Crippen LogP contribution in [0.5, 0.6) is 5.75 Å². The fourth-order valence-electron chi connectivity index (χ4n) is 2.19. The molecule has 2 N–H and O–H groups in total. The number of unbranched alkanes of at least 4 members (excludes halogenated alkanes) is 1. The van der Waals surface area contributed by atoms with Crippen molar-refractivity contribution in [1.82, 2.24) is 0 Å². The van der Waals surface area contributed by atoms with Crippen LogP contribution in [-0.2, 0) is 10.2 Å². The van der Waals surface area contributed by atoms with E-state index in [2.05, 4.69) is 33.0 Å². The highest BCUT2D eigenvalue weighted by Crippen LogP contribution is 2.33. The molecule has 1 rings (SSSR count). The van der Waals surface area contributed by atoms with Crippen LogP contribution in [0.3, 0.4) is 0 Å². The van der Waals surface area contributed by atoms with E-state index >= 15 is 0 Å². The molecule has 0 unspecified atom stereocenters. The zero-order valence-electron chi connectivity index (χ0n) is 14.5. The molecule has 0 spiro atoms. The van der Waals surface area contributed by atoms with Crippen molar-refractivity contribution < 1.29 is 14.8 Å². The summed E-state index contributed by atoms with van der Waals surface area (Å²) in [5, 5.41) is 3.05. The molecule has 3 nitrogen and oxygen atoms in total. The van der Waals surface area contributed by atoms with E-state index < -0.39 is 0 Å². The predicted molar refractivity (Wildman–Crippen MR) is 93.0 cm³/mol. The summed E-state index contributed by atoms with van der Waals surface area (Å²) >= 11 is 6.09. The monoisotopic (exact) mass is 328 g/mol. The lowest BCUT2D eigenvalue weighted by Crippen LogP contribution is -2.85. The van der Waals surface area contributed by atoms with E-state index in [0.717, 1.165) is 29.5 Å². The molecule has 0 atom stereocenters. The second-order valence-electron chi connectivity index (χ2n) is 6.57. The zero-order chi connectivity index (χ0) is 16.4. The quantitative estimate of drug-likeness (QED) is 0.668. The van der Waals surface area contributed by atoms with Crippen molar-refractivity contribution in [3.8, 4) is 5.75 Å². The molecule has 0 bridgehead atoms. The van der Waals surface area contributed by atoms with E-state index in [4.69, 9.17) is 21.1 Å². The first-order chi connectivity index (χ1) is 10.4. The van der Waals surface area contributed by atoms with Crippen LogP contribution < -0.4 is 10.1 Å². The van der Waals surface area contributed by atoms with Crippen molar-refractivity contribution in [2.24, 2.45) is 0 Å². The molecule has 22 heavy (non-hydrogen) atoms. The summed E-state index contributed by atoms with van der Waals surface area (Å²) < 4.78 is 11.5. The number of nitrogens with two attached hydrogens (primary N) is 1.